The van der Waals surface area contributed by atoms with Gasteiger partial charge in [-0.05, 0) is 64.0 Å². The number of halogens is 1. The van der Waals surface area contributed by atoms with Crippen molar-refractivity contribution in [1.82, 2.24) is 4.72 Å². The van der Waals surface area contributed by atoms with E-state index in [1.54, 1.807) is 27.7 Å². The molecule has 0 spiro atoms. The number of hydrogen-bond acceptors (Lipinski definition) is 6. The second-order valence-electron chi connectivity index (χ2n) is 11.6. The Morgan fingerprint density at radius 2 is 1.13 bits per heavy atom. The SMILES string of the molecule is CC(C)c1cc(C(C)C)c(CC(=O)NS(=O)(=O)Oc2c(C(C)C)cc(S(=O)(=O)Cl)cc2C(C)C)c(C(C)C)c1. The number of nitrogens with one attached hydrogen (secondary N) is 1. The highest BCUT2D eigenvalue weighted by molar-refractivity contribution is 8.13. The Morgan fingerprint density at radius 1 is 0.718 bits per heavy atom. The molecule has 1 N–H and O–H groups in total. The van der Waals surface area contributed by atoms with Gasteiger partial charge in [0.1, 0.15) is 0 Å². The van der Waals surface area contributed by atoms with Gasteiger partial charge in [0.2, 0.25) is 5.91 Å². The average molecular weight is 600 g/mol. The minimum Gasteiger partial charge on any atom is -0.366 e. The number of hydrogen-bond donors (Lipinski definition) is 1. The van der Waals surface area contributed by atoms with Crippen LogP contribution in [0.1, 0.15) is 132 Å². The Bertz CT molecular complexity index is 1370. The standard InChI is InChI=1S/C29H42ClNO6S2/c1-16(2)21-11-23(17(3)4)27(24(12-21)18(5)6)15-28(32)31-39(35,36)37-29-25(19(7)8)13-22(38(30,33)34)14-26(29)20(9)10/h11-14,16-20H,15H2,1-10H3,(H,31,32). The normalized spacial score (nSPS) is 12.7. The molecule has 0 unspecified atom stereocenters. The summed E-state index contributed by atoms with van der Waals surface area (Å²) in [7, 11) is -3.05. The second kappa shape index (κ2) is 12.6. The van der Waals surface area contributed by atoms with Gasteiger partial charge in [0.05, 0.1) is 11.3 Å². The molecule has 1 amide bonds. The van der Waals surface area contributed by atoms with E-state index in [4.69, 9.17) is 14.9 Å². The summed E-state index contributed by atoms with van der Waals surface area (Å²) in [6, 6.07) is 6.83. The van der Waals surface area contributed by atoms with Gasteiger partial charge in [-0.15, -0.1) is 0 Å². The Balaban J connectivity index is 2.51. The summed E-state index contributed by atoms with van der Waals surface area (Å²) < 4.78 is 57.9. The molecule has 0 bridgehead atoms. The van der Waals surface area contributed by atoms with Crippen molar-refractivity contribution in [3.63, 3.8) is 0 Å². The summed E-state index contributed by atoms with van der Waals surface area (Å²) >= 11 is 0. The van der Waals surface area contributed by atoms with Crippen LogP contribution in [0.5, 0.6) is 5.75 Å². The van der Waals surface area contributed by atoms with Crippen LogP contribution >= 0.6 is 10.7 Å². The lowest BCUT2D eigenvalue weighted by Gasteiger charge is -2.23. The highest BCUT2D eigenvalue weighted by Crippen LogP contribution is 2.39. The molecule has 2 aromatic rings. The first kappa shape index (κ1) is 33.1. The van der Waals surface area contributed by atoms with Crippen LogP contribution in [0.2, 0.25) is 0 Å². The van der Waals surface area contributed by atoms with E-state index in [1.807, 2.05) is 0 Å². The van der Waals surface area contributed by atoms with Crippen LogP contribution in [0, 0.1) is 0 Å². The predicted molar refractivity (Wildman–Crippen MR) is 158 cm³/mol. The van der Waals surface area contributed by atoms with Gasteiger partial charge in [-0.25, -0.2) is 13.1 Å². The molecule has 0 aliphatic carbocycles. The second-order valence-corrected chi connectivity index (χ2v) is 15.4. The Hall–Kier alpha value is -2.10. The quantitative estimate of drug-likeness (QED) is 0.273. The smallest absolute Gasteiger partial charge is 0.366 e. The van der Waals surface area contributed by atoms with Crippen molar-refractivity contribution in [3.05, 3.63) is 57.6 Å². The molecule has 218 valence electrons. The van der Waals surface area contributed by atoms with Crippen LogP contribution in [0.3, 0.4) is 0 Å². The molecule has 7 nitrogen and oxygen atoms in total. The van der Waals surface area contributed by atoms with Crippen molar-refractivity contribution in [2.75, 3.05) is 0 Å². The van der Waals surface area contributed by atoms with Crippen LogP contribution in [0.4, 0.5) is 0 Å². The molecule has 0 atom stereocenters. The highest BCUT2D eigenvalue weighted by atomic mass is 35.7. The number of benzene rings is 2. The fraction of sp³-hybridized carbons (Fsp3) is 0.552. The lowest BCUT2D eigenvalue weighted by atomic mass is 9.83. The van der Waals surface area contributed by atoms with Crippen LogP contribution in [-0.4, -0.2) is 22.7 Å². The lowest BCUT2D eigenvalue weighted by Crippen LogP contribution is -2.36. The minimum atomic E-state index is -4.58. The van der Waals surface area contributed by atoms with E-state index in [0.29, 0.717) is 17.0 Å². The Kier molecular flexibility index (Phi) is 10.7. The van der Waals surface area contributed by atoms with Gasteiger partial charge < -0.3 is 4.18 Å². The highest BCUT2D eigenvalue weighted by Gasteiger charge is 2.27. The summed E-state index contributed by atoms with van der Waals surface area (Å²) in [5, 5.41) is 0. The monoisotopic (exact) mass is 599 g/mol. The number of carbonyl (C=O) groups excluding carboxylic acids is 1. The van der Waals surface area contributed by atoms with Crippen LogP contribution in [0.15, 0.2) is 29.2 Å². The molecule has 0 heterocycles. The van der Waals surface area contributed by atoms with Gasteiger partial charge >= 0.3 is 10.3 Å². The summed E-state index contributed by atoms with van der Waals surface area (Å²) in [4.78, 5) is 13.0. The van der Waals surface area contributed by atoms with E-state index < -0.39 is 25.3 Å². The van der Waals surface area contributed by atoms with Crippen LogP contribution in [0.25, 0.3) is 0 Å². The average Bonchev–Trinajstić information content (AvgIpc) is 2.76. The third-order valence-corrected chi connectivity index (χ3v) is 8.86. The van der Waals surface area contributed by atoms with E-state index in [0.717, 1.165) is 16.7 Å². The fourth-order valence-corrected chi connectivity index (χ4v) is 6.12. The zero-order valence-electron chi connectivity index (χ0n) is 24.5. The van der Waals surface area contributed by atoms with Crippen LogP contribution < -0.4 is 8.91 Å². The summed E-state index contributed by atoms with van der Waals surface area (Å²) in [6.07, 6.45) is -0.125. The third-order valence-electron chi connectivity index (χ3n) is 6.67. The van der Waals surface area contributed by atoms with Gasteiger partial charge in [-0.1, -0.05) is 81.4 Å². The lowest BCUT2D eigenvalue weighted by molar-refractivity contribution is -0.118. The zero-order valence-corrected chi connectivity index (χ0v) is 26.9. The topological polar surface area (TPSA) is 107 Å². The molecule has 0 aromatic heterocycles. The van der Waals surface area contributed by atoms with Crippen molar-refractivity contribution in [2.24, 2.45) is 0 Å². The molecule has 0 fully saturated rings. The van der Waals surface area contributed by atoms with Crippen molar-refractivity contribution >= 4 is 35.9 Å². The largest absolute Gasteiger partial charge is 0.409 e. The molecule has 0 aliphatic heterocycles. The molecular formula is C29H42ClNO6S2. The van der Waals surface area contributed by atoms with E-state index in [1.165, 1.54) is 17.7 Å². The van der Waals surface area contributed by atoms with Gasteiger partial charge in [-0.2, -0.15) is 8.42 Å². The zero-order chi connectivity index (χ0) is 30.0. The summed E-state index contributed by atoms with van der Waals surface area (Å²) in [6.45, 7) is 19.6. The molecule has 0 aliphatic rings. The molecule has 0 saturated heterocycles. The first-order valence-electron chi connectivity index (χ1n) is 13.3. The van der Waals surface area contributed by atoms with E-state index >= 15 is 0 Å². The number of amides is 1. The Morgan fingerprint density at radius 3 is 1.46 bits per heavy atom. The van der Waals surface area contributed by atoms with E-state index in [2.05, 4.69) is 58.4 Å². The Labute approximate surface area is 239 Å². The van der Waals surface area contributed by atoms with Crippen molar-refractivity contribution in [3.8, 4) is 5.75 Å². The number of rotatable bonds is 11. The fourth-order valence-electron chi connectivity index (χ4n) is 4.52. The molecule has 2 rings (SSSR count). The van der Waals surface area contributed by atoms with Crippen molar-refractivity contribution in [2.45, 2.75) is 110 Å². The van der Waals surface area contributed by atoms with E-state index in [-0.39, 0.29) is 40.7 Å². The first-order chi connectivity index (χ1) is 17.7. The van der Waals surface area contributed by atoms with E-state index in [9.17, 15) is 21.6 Å². The molecule has 0 radical (unpaired) electrons. The molecule has 39 heavy (non-hydrogen) atoms. The molecule has 0 saturated carbocycles. The molecule has 10 heteroatoms. The van der Waals surface area contributed by atoms with Crippen molar-refractivity contribution < 1.29 is 25.8 Å². The maximum absolute atomic E-state index is 13.1. The van der Waals surface area contributed by atoms with Gasteiger partial charge in [-0.3, -0.25) is 4.79 Å². The van der Waals surface area contributed by atoms with Gasteiger partial charge in [0.15, 0.2) is 5.75 Å². The third kappa shape index (κ3) is 8.44. The van der Waals surface area contributed by atoms with Crippen LogP contribution in [-0.2, 0) is 30.6 Å². The maximum Gasteiger partial charge on any atom is 0.409 e. The van der Waals surface area contributed by atoms with Crippen molar-refractivity contribution in [1.29, 1.82) is 0 Å². The molecule has 2 aromatic carbocycles. The summed E-state index contributed by atoms with van der Waals surface area (Å²) in [5.41, 5.74) is 4.73. The summed E-state index contributed by atoms with van der Waals surface area (Å²) in [5.74, 6) is -0.717. The van der Waals surface area contributed by atoms with Gasteiger partial charge in [0.25, 0.3) is 9.05 Å². The van der Waals surface area contributed by atoms with Gasteiger partial charge in [0, 0.05) is 21.8 Å². The predicted octanol–water partition coefficient (Wildman–Crippen LogP) is 7.21. The minimum absolute atomic E-state index is 0.00334. The molecular weight excluding hydrogens is 558 g/mol. The number of carbonyl (C=O) groups is 1. The first-order valence-corrected chi connectivity index (χ1v) is 17.0. The maximum atomic E-state index is 13.1.